The lowest BCUT2D eigenvalue weighted by molar-refractivity contribution is 0.628. The number of aryl methyl sites for hydroxylation is 1. The van der Waals surface area contributed by atoms with Gasteiger partial charge in [-0.3, -0.25) is 0 Å². The third kappa shape index (κ3) is 2.73. The van der Waals surface area contributed by atoms with Crippen LogP contribution in [0, 0.1) is 12.7 Å². The molecule has 2 aromatic rings. The van der Waals surface area contributed by atoms with Crippen molar-refractivity contribution in [1.82, 2.24) is 9.97 Å². The van der Waals surface area contributed by atoms with Crippen LogP contribution < -0.4 is 11.3 Å². The van der Waals surface area contributed by atoms with Crippen LogP contribution in [0.5, 0.6) is 0 Å². The standard InChI is InChI=1S/C14H16ClFN4/c1-7(2)12-8(3)18-13(19-14(12)20-17)10-5-4-9(16)6-11(10)15/h4-7H,17H2,1-3H3,(H,18,19,20). The van der Waals surface area contributed by atoms with Crippen LogP contribution in [0.4, 0.5) is 10.2 Å². The molecule has 0 unspecified atom stereocenters. The molecular formula is C14H16ClFN4. The van der Waals surface area contributed by atoms with Gasteiger partial charge >= 0.3 is 0 Å². The maximum absolute atomic E-state index is 13.1. The molecule has 1 aromatic heterocycles. The van der Waals surface area contributed by atoms with Crippen LogP contribution in [-0.4, -0.2) is 9.97 Å². The van der Waals surface area contributed by atoms with Gasteiger partial charge in [-0.05, 0) is 31.0 Å². The van der Waals surface area contributed by atoms with Crippen molar-refractivity contribution >= 4 is 17.4 Å². The predicted molar refractivity (Wildman–Crippen MR) is 79.1 cm³/mol. The van der Waals surface area contributed by atoms with Gasteiger partial charge in [-0.25, -0.2) is 20.2 Å². The molecule has 0 bridgehead atoms. The van der Waals surface area contributed by atoms with Crippen LogP contribution >= 0.6 is 11.6 Å². The van der Waals surface area contributed by atoms with Crippen molar-refractivity contribution in [2.45, 2.75) is 26.7 Å². The minimum atomic E-state index is -0.397. The molecule has 0 saturated carbocycles. The number of nitrogen functional groups attached to an aromatic ring is 1. The van der Waals surface area contributed by atoms with Crippen LogP contribution in [-0.2, 0) is 0 Å². The Kier molecular flexibility index (Phi) is 4.20. The van der Waals surface area contributed by atoms with E-state index in [1.165, 1.54) is 12.1 Å². The first-order valence-electron chi connectivity index (χ1n) is 6.24. The molecule has 0 fully saturated rings. The first-order valence-corrected chi connectivity index (χ1v) is 6.62. The van der Waals surface area contributed by atoms with Gasteiger partial charge in [0, 0.05) is 16.8 Å². The monoisotopic (exact) mass is 294 g/mol. The summed E-state index contributed by atoms with van der Waals surface area (Å²) in [5, 5.41) is 0.268. The van der Waals surface area contributed by atoms with Crippen molar-refractivity contribution in [2.24, 2.45) is 5.84 Å². The Labute approximate surface area is 122 Å². The molecular weight excluding hydrogens is 279 g/mol. The second kappa shape index (κ2) is 5.73. The van der Waals surface area contributed by atoms with Crippen molar-refractivity contribution in [1.29, 1.82) is 0 Å². The van der Waals surface area contributed by atoms with Gasteiger partial charge in [0.15, 0.2) is 5.82 Å². The molecule has 0 amide bonds. The summed E-state index contributed by atoms with van der Waals surface area (Å²) >= 11 is 6.04. The molecule has 1 aromatic carbocycles. The third-order valence-corrected chi connectivity index (χ3v) is 3.34. The lowest BCUT2D eigenvalue weighted by atomic mass is 10.0. The van der Waals surface area contributed by atoms with Gasteiger partial charge in [-0.15, -0.1) is 0 Å². The Balaban J connectivity index is 2.61. The fourth-order valence-electron chi connectivity index (χ4n) is 2.17. The molecule has 0 saturated heterocycles. The molecule has 0 spiro atoms. The minimum absolute atomic E-state index is 0.235. The van der Waals surface area contributed by atoms with Crippen molar-refractivity contribution in [3.63, 3.8) is 0 Å². The summed E-state index contributed by atoms with van der Waals surface area (Å²) in [5.74, 6) is 6.35. The molecule has 0 radical (unpaired) electrons. The molecule has 0 atom stereocenters. The van der Waals surface area contributed by atoms with E-state index in [0.717, 1.165) is 11.3 Å². The summed E-state index contributed by atoms with van der Waals surface area (Å²) < 4.78 is 13.1. The zero-order valence-corrected chi connectivity index (χ0v) is 12.3. The molecule has 2 rings (SSSR count). The third-order valence-electron chi connectivity index (χ3n) is 3.02. The normalized spacial score (nSPS) is 10.9. The quantitative estimate of drug-likeness (QED) is 0.670. The average Bonchev–Trinajstić information content (AvgIpc) is 2.37. The molecule has 106 valence electrons. The fourth-order valence-corrected chi connectivity index (χ4v) is 2.43. The number of rotatable bonds is 3. The van der Waals surface area contributed by atoms with E-state index in [0.29, 0.717) is 17.2 Å². The molecule has 0 aliphatic rings. The van der Waals surface area contributed by atoms with E-state index in [2.05, 4.69) is 15.4 Å². The van der Waals surface area contributed by atoms with Gasteiger partial charge in [0.05, 0.1) is 5.02 Å². The second-order valence-electron chi connectivity index (χ2n) is 4.82. The van der Waals surface area contributed by atoms with Crippen LogP contribution in [0.25, 0.3) is 11.4 Å². The lowest BCUT2D eigenvalue weighted by Gasteiger charge is -2.15. The first-order chi connectivity index (χ1) is 9.43. The molecule has 6 heteroatoms. The number of nitrogens with one attached hydrogen (secondary N) is 1. The highest BCUT2D eigenvalue weighted by molar-refractivity contribution is 6.33. The highest BCUT2D eigenvalue weighted by atomic mass is 35.5. The molecule has 0 aliphatic heterocycles. The van der Waals surface area contributed by atoms with E-state index in [-0.39, 0.29) is 10.9 Å². The maximum atomic E-state index is 13.1. The highest BCUT2D eigenvalue weighted by Crippen LogP contribution is 2.30. The number of benzene rings is 1. The number of hydrogen-bond acceptors (Lipinski definition) is 4. The van der Waals surface area contributed by atoms with E-state index < -0.39 is 5.82 Å². The van der Waals surface area contributed by atoms with Gasteiger partial charge in [0.1, 0.15) is 11.6 Å². The van der Waals surface area contributed by atoms with E-state index in [1.807, 2.05) is 20.8 Å². The number of nitrogens with zero attached hydrogens (tertiary/aromatic N) is 2. The summed E-state index contributed by atoms with van der Waals surface area (Å²) in [6.45, 7) is 5.97. The van der Waals surface area contributed by atoms with Gasteiger partial charge in [-0.2, -0.15) is 0 Å². The van der Waals surface area contributed by atoms with Gasteiger partial charge in [0.2, 0.25) is 0 Å². The molecule has 0 aliphatic carbocycles. The Bertz CT molecular complexity index is 643. The number of hydrogen-bond donors (Lipinski definition) is 2. The average molecular weight is 295 g/mol. The minimum Gasteiger partial charge on any atom is -0.308 e. The highest BCUT2D eigenvalue weighted by Gasteiger charge is 2.16. The Morgan fingerprint density at radius 3 is 2.55 bits per heavy atom. The molecule has 4 nitrogen and oxygen atoms in total. The smallest absolute Gasteiger partial charge is 0.163 e. The van der Waals surface area contributed by atoms with Crippen molar-refractivity contribution in [3.05, 3.63) is 40.3 Å². The summed E-state index contributed by atoms with van der Waals surface area (Å²) in [7, 11) is 0. The number of hydrazine groups is 1. The zero-order chi connectivity index (χ0) is 14.9. The van der Waals surface area contributed by atoms with Gasteiger partial charge < -0.3 is 5.43 Å². The molecule has 1 heterocycles. The second-order valence-corrected chi connectivity index (χ2v) is 5.23. The first kappa shape index (κ1) is 14.7. The topological polar surface area (TPSA) is 63.8 Å². The SMILES string of the molecule is Cc1nc(-c2ccc(F)cc2Cl)nc(NN)c1C(C)C. The van der Waals surface area contributed by atoms with Crippen molar-refractivity contribution in [3.8, 4) is 11.4 Å². The largest absolute Gasteiger partial charge is 0.308 e. The van der Waals surface area contributed by atoms with Crippen molar-refractivity contribution in [2.75, 3.05) is 5.43 Å². The van der Waals surface area contributed by atoms with Crippen molar-refractivity contribution < 1.29 is 4.39 Å². The number of nitrogens with two attached hydrogens (primary N) is 1. The van der Waals surface area contributed by atoms with E-state index >= 15 is 0 Å². The van der Waals surface area contributed by atoms with E-state index in [9.17, 15) is 4.39 Å². The van der Waals surface area contributed by atoms with Crippen LogP contribution in [0.3, 0.4) is 0 Å². The number of halogens is 2. The Morgan fingerprint density at radius 2 is 2.00 bits per heavy atom. The Morgan fingerprint density at radius 1 is 1.30 bits per heavy atom. The molecule has 20 heavy (non-hydrogen) atoms. The predicted octanol–water partition coefficient (Wildman–Crippen LogP) is 3.65. The summed E-state index contributed by atoms with van der Waals surface area (Å²) in [4.78, 5) is 8.83. The number of aromatic nitrogens is 2. The van der Waals surface area contributed by atoms with Crippen LogP contribution in [0.1, 0.15) is 31.0 Å². The van der Waals surface area contributed by atoms with E-state index in [1.54, 1.807) is 6.07 Å². The summed E-state index contributed by atoms with van der Waals surface area (Å²) in [5.41, 5.74) is 4.93. The van der Waals surface area contributed by atoms with Gasteiger partial charge in [-0.1, -0.05) is 25.4 Å². The van der Waals surface area contributed by atoms with Crippen LogP contribution in [0.2, 0.25) is 5.02 Å². The maximum Gasteiger partial charge on any atom is 0.163 e. The lowest BCUT2D eigenvalue weighted by Crippen LogP contribution is -2.14. The summed E-state index contributed by atoms with van der Waals surface area (Å²) in [6, 6.07) is 4.12. The molecule has 3 N–H and O–H groups in total. The zero-order valence-electron chi connectivity index (χ0n) is 11.5. The summed E-state index contributed by atoms with van der Waals surface area (Å²) in [6.07, 6.45) is 0. The van der Waals surface area contributed by atoms with Crippen LogP contribution in [0.15, 0.2) is 18.2 Å². The van der Waals surface area contributed by atoms with E-state index in [4.69, 9.17) is 17.4 Å². The number of anilines is 1. The Hall–Kier alpha value is -1.72. The van der Waals surface area contributed by atoms with Gasteiger partial charge in [0.25, 0.3) is 0 Å². The fraction of sp³-hybridized carbons (Fsp3) is 0.286.